The Morgan fingerprint density at radius 1 is 1.11 bits per heavy atom. The summed E-state index contributed by atoms with van der Waals surface area (Å²) in [5, 5.41) is 9.37. The Hall–Kier alpha value is -1.76. The summed E-state index contributed by atoms with van der Waals surface area (Å²) in [7, 11) is 0. The standard InChI is InChI=1S/C16H16N2S/c1-13-7-9-15(10-8-13)19-12-16(18,11-17)14-5-3-2-4-6-14/h2-10H,12,18H2,1H3. The van der Waals surface area contributed by atoms with Gasteiger partial charge in [-0.1, -0.05) is 48.0 Å². The molecular weight excluding hydrogens is 252 g/mol. The number of nitrogens with two attached hydrogens (primary N) is 1. The molecule has 2 rings (SSSR count). The van der Waals surface area contributed by atoms with Crippen molar-refractivity contribution >= 4 is 11.8 Å². The number of nitriles is 1. The average molecular weight is 268 g/mol. The highest BCUT2D eigenvalue weighted by atomic mass is 32.2. The molecule has 3 heteroatoms. The Morgan fingerprint density at radius 2 is 1.74 bits per heavy atom. The normalized spacial score (nSPS) is 13.5. The van der Waals surface area contributed by atoms with Crippen LogP contribution in [-0.2, 0) is 5.54 Å². The summed E-state index contributed by atoms with van der Waals surface area (Å²) in [4.78, 5) is 1.13. The van der Waals surface area contributed by atoms with Crippen molar-refractivity contribution in [3.05, 3.63) is 65.7 Å². The fourth-order valence-electron chi connectivity index (χ4n) is 1.75. The first kappa shape index (κ1) is 13.7. The van der Waals surface area contributed by atoms with Crippen LogP contribution in [0.4, 0.5) is 0 Å². The van der Waals surface area contributed by atoms with Gasteiger partial charge in [0.1, 0.15) is 5.54 Å². The fraction of sp³-hybridized carbons (Fsp3) is 0.188. The Labute approximate surface area is 118 Å². The highest BCUT2D eigenvalue weighted by molar-refractivity contribution is 7.99. The summed E-state index contributed by atoms with van der Waals surface area (Å²) >= 11 is 1.61. The van der Waals surface area contributed by atoms with E-state index in [1.165, 1.54) is 5.56 Å². The maximum atomic E-state index is 9.37. The third-order valence-corrected chi connectivity index (χ3v) is 4.18. The number of nitrogens with zero attached hydrogens (tertiary/aromatic N) is 1. The van der Waals surface area contributed by atoms with Crippen LogP contribution in [0.5, 0.6) is 0 Å². The minimum atomic E-state index is -0.948. The number of hydrogen-bond acceptors (Lipinski definition) is 3. The van der Waals surface area contributed by atoms with Gasteiger partial charge in [-0.2, -0.15) is 5.26 Å². The molecule has 1 atom stereocenters. The Bertz CT molecular complexity index is 572. The van der Waals surface area contributed by atoms with Crippen LogP contribution in [0.3, 0.4) is 0 Å². The van der Waals surface area contributed by atoms with Gasteiger partial charge in [0.05, 0.1) is 6.07 Å². The Balaban J connectivity index is 2.12. The molecule has 0 spiro atoms. The summed E-state index contributed by atoms with van der Waals surface area (Å²) in [6.45, 7) is 2.06. The van der Waals surface area contributed by atoms with Gasteiger partial charge in [-0.05, 0) is 24.6 Å². The van der Waals surface area contributed by atoms with Gasteiger partial charge in [0.25, 0.3) is 0 Å². The van der Waals surface area contributed by atoms with Crippen molar-refractivity contribution in [2.24, 2.45) is 5.73 Å². The minimum absolute atomic E-state index is 0.538. The molecule has 2 N–H and O–H groups in total. The summed E-state index contributed by atoms with van der Waals surface area (Å²) < 4.78 is 0. The third-order valence-electron chi connectivity index (χ3n) is 2.98. The second-order valence-electron chi connectivity index (χ2n) is 4.55. The lowest BCUT2D eigenvalue weighted by Gasteiger charge is -2.21. The molecule has 0 amide bonds. The second-order valence-corrected chi connectivity index (χ2v) is 5.60. The largest absolute Gasteiger partial charge is 0.309 e. The molecule has 0 aliphatic rings. The lowest BCUT2D eigenvalue weighted by molar-refractivity contribution is 0.659. The molecule has 2 aromatic rings. The SMILES string of the molecule is Cc1ccc(SCC(N)(C#N)c2ccccc2)cc1. The lowest BCUT2D eigenvalue weighted by atomic mass is 9.95. The van der Waals surface area contributed by atoms with Crippen molar-refractivity contribution in [1.29, 1.82) is 5.26 Å². The van der Waals surface area contributed by atoms with Crippen molar-refractivity contribution in [3.63, 3.8) is 0 Å². The molecule has 0 aliphatic heterocycles. The summed E-state index contributed by atoms with van der Waals surface area (Å²) in [6.07, 6.45) is 0. The van der Waals surface area contributed by atoms with Crippen LogP contribution < -0.4 is 5.73 Å². The monoisotopic (exact) mass is 268 g/mol. The highest BCUT2D eigenvalue weighted by Crippen LogP contribution is 2.27. The third kappa shape index (κ3) is 3.37. The minimum Gasteiger partial charge on any atom is -0.309 e. The molecule has 0 fully saturated rings. The topological polar surface area (TPSA) is 49.8 Å². The zero-order valence-electron chi connectivity index (χ0n) is 10.8. The van der Waals surface area contributed by atoms with Crippen LogP contribution in [0.2, 0.25) is 0 Å². The van der Waals surface area contributed by atoms with Crippen molar-refractivity contribution in [2.45, 2.75) is 17.4 Å². The van der Waals surface area contributed by atoms with E-state index in [4.69, 9.17) is 5.73 Å². The van der Waals surface area contributed by atoms with Gasteiger partial charge < -0.3 is 5.73 Å². The first-order valence-corrected chi connectivity index (χ1v) is 7.08. The zero-order chi connectivity index (χ0) is 13.7. The quantitative estimate of drug-likeness (QED) is 0.864. The van der Waals surface area contributed by atoms with Crippen LogP contribution in [0, 0.1) is 18.3 Å². The van der Waals surface area contributed by atoms with Crippen LogP contribution >= 0.6 is 11.8 Å². The van der Waals surface area contributed by atoms with Crippen molar-refractivity contribution in [2.75, 3.05) is 5.75 Å². The predicted octanol–water partition coefficient (Wildman–Crippen LogP) is 3.46. The van der Waals surface area contributed by atoms with Gasteiger partial charge in [0.2, 0.25) is 0 Å². The van der Waals surface area contributed by atoms with E-state index >= 15 is 0 Å². The first-order valence-electron chi connectivity index (χ1n) is 6.09. The van der Waals surface area contributed by atoms with Gasteiger partial charge in [-0.15, -0.1) is 11.8 Å². The maximum Gasteiger partial charge on any atom is 0.139 e. The molecule has 0 bridgehead atoms. The first-order chi connectivity index (χ1) is 9.14. The number of hydrogen-bond donors (Lipinski definition) is 1. The lowest BCUT2D eigenvalue weighted by Crippen LogP contribution is -2.37. The number of aryl methyl sites for hydroxylation is 1. The fourth-order valence-corrected chi connectivity index (χ4v) is 2.70. The molecule has 2 nitrogen and oxygen atoms in total. The van der Waals surface area contributed by atoms with Crippen molar-refractivity contribution in [3.8, 4) is 6.07 Å². The Kier molecular flexibility index (Phi) is 4.26. The molecule has 0 heterocycles. The van der Waals surface area contributed by atoms with E-state index in [0.717, 1.165) is 10.5 Å². The van der Waals surface area contributed by atoms with Crippen LogP contribution in [0.25, 0.3) is 0 Å². The van der Waals surface area contributed by atoms with E-state index in [2.05, 4.69) is 37.3 Å². The predicted molar refractivity (Wildman–Crippen MR) is 79.8 cm³/mol. The van der Waals surface area contributed by atoms with Crippen LogP contribution in [0.1, 0.15) is 11.1 Å². The van der Waals surface area contributed by atoms with Crippen LogP contribution in [-0.4, -0.2) is 5.75 Å². The molecule has 19 heavy (non-hydrogen) atoms. The molecule has 0 aromatic heterocycles. The van der Waals surface area contributed by atoms with Gasteiger partial charge in [-0.25, -0.2) is 0 Å². The van der Waals surface area contributed by atoms with Crippen LogP contribution in [0.15, 0.2) is 59.5 Å². The molecule has 0 aliphatic carbocycles. The molecule has 1 unspecified atom stereocenters. The highest BCUT2D eigenvalue weighted by Gasteiger charge is 2.27. The van der Waals surface area contributed by atoms with E-state index in [0.29, 0.717) is 5.75 Å². The Morgan fingerprint density at radius 3 is 2.32 bits per heavy atom. The molecule has 0 saturated heterocycles. The van der Waals surface area contributed by atoms with Gasteiger partial charge >= 0.3 is 0 Å². The zero-order valence-corrected chi connectivity index (χ0v) is 11.7. The number of benzene rings is 2. The van der Waals surface area contributed by atoms with Crippen molar-refractivity contribution in [1.82, 2.24) is 0 Å². The van der Waals surface area contributed by atoms with Gasteiger partial charge in [0, 0.05) is 10.6 Å². The number of rotatable bonds is 4. The van der Waals surface area contributed by atoms with E-state index < -0.39 is 5.54 Å². The molecular formula is C16H16N2S. The average Bonchev–Trinajstić information content (AvgIpc) is 2.47. The van der Waals surface area contributed by atoms with Gasteiger partial charge in [0.15, 0.2) is 0 Å². The van der Waals surface area contributed by atoms with E-state index in [1.807, 2.05) is 30.3 Å². The molecule has 2 aromatic carbocycles. The molecule has 0 radical (unpaired) electrons. The molecule has 96 valence electrons. The van der Waals surface area contributed by atoms with E-state index in [-0.39, 0.29) is 0 Å². The van der Waals surface area contributed by atoms with E-state index in [9.17, 15) is 5.26 Å². The second kappa shape index (κ2) is 5.92. The van der Waals surface area contributed by atoms with Gasteiger partial charge in [-0.3, -0.25) is 0 Å². The maximum absolute atomic E-state index is 9.37. The summed E-state index contributed by atoms with van der Waals surface area (Å²) in [5.41, 5.74) is 7.35. The number of thioether (sulfide) groups is 1. The molecule has 0 saturated carbocycles. The van der Waals surface area contributed by atoms with Crippen molar-refractivity contribution < 1.29 is 0 Å². The van der Waals surface area contributed by atoms with E-state index in [1.54, 1.807) is 11.8 Å². The summed E-state index contributed by atoms with van der Waals surface area (Å²) in [6, 6.07) is 20.0. The smallest absolute Gasteiger partial charge is 0.139 e. The summed E-state index contributed by atoms with van der Waals surface area (Å²) in [5.74, 6) is 0.538.